The van der Waals surface area contributed by atoms with E-state index >= 15 is 0 Å². The summed E-state index contributed by atoms with van der Waals surface area (Å²) >= 11 is 5.81. The smallest absolute Gasteiger partial charge is 0.318 e. The van der Waals surface area contributed by atoms with Crippen LogP contribution in [0.15, 0.2) is 6.20 Å². The van der Waals surface area contributed by atoms with Crippen LogP contribution >= 0.6 is 11.6 Å². The molecule has 1 atom stereocenters. The molecule has 1 heterocycles. The van der Waals surface area contributed by atoms with Gasteiger partial charge < -0.3 is 15.2 Å². The van der Waals surface area contributed by atoms with Crippen LogP contribution in [0.4, 0.5) is 5.82 Å². The zero-order chi connectivity index (χ0) is 10.6. The molecule has 0 fully saturated rings. The fraction of sp³-hybridized carbons (Fsp3) is 0.500. The van der Waals surface area contributed by atoms with Gasteiger partial charge in [-0.3, -0.25) is 0 Å². The van der Waals surface area contributed by atoms with Gasteiger partial charge in [0.1, 0.15) is 5.02 Å². The Balaban J connectivity index is 2.73. The van der Waals surface area contributed by atoms with Crippen LogP contribution in [-0.4, -0.2) is 34.8 Å². The van der Waals surface area contributed by atoms with Crippen LogP contribution in [-0.2, 0) is 0 Å². The molecule has 5 nitrogen and oxygen atoms in total. The fourth-order valence-corrected chi connectivity index (χ4v) is 0.976. The van der Waals surface area contributed by atoms with E-state index < -0.39 is 6.10 Å². The van der Waals surface area contributed by atoms with Crippen molar-refractivity contribution in [3.63, 3.8) is 0 Å². The summed E-state index contributed by atoms with van der Waals surface area (Å²) in [6.07, 6.45) is 0.977. The number of hydrogen-bond donors (Lipinski definition) is 2. The van der Waals surface area contributed by atoms with Crippen LogP contribution < -0.4 is 10.1 Å². The Kier molecular flexibility index (Phi) is 3.91. The fourth-order valence-electron chi connectivity index (χ4n) is 0.818. The first kappa shape index (κ1) is 11.0. The molecule has 0 unspecified atom stereocenters. The Morgan fingerprint density at radius 1 is 1.71 bits per heavy atom. The topological polar surface area (TPSA) is 67.3 Å². The van der Waals surface area contributed by atoms with Gasteiger partial charge in [0.15, 0.2) is 5.82 Å². The number of nitrogens with one attached hydrogen (secondary N) is 1. The Bertz CT molecular complexity index is 307. The van der Waals surface area contributed by atoms with E-state index in [4.69, 9.17) is 21.4 Å². The number of halogens is 1. The zero-order valence-corrected chi connectivity index (χ0v) is 8.75. The molecule has 0 aliphatic rings. The van der Waals surface area contributed by atoms with Crippen LogP contribution in [0, 0.1) is 0 Å². The number of aliphatic hydroxyl groups is 1. The highest BCUT2D eigenvalue weighted by Gasteiger charge is 2.05. The first-order valence-electron chi connectivity index (χ1n) is 4.12. The molecule has 78 valence electrons. The van der Waals surface area contributed by atoms with Gasteiger partial charge in [-0.25, -0.2) is 4.98 Å². The van der Waals surface area contributed by atoms with Crippen molar-refractivity contribution in [2.75, 3.05) is 19.0 Å². The average Bonchev–Trinajstić information content (AvgIpc) is 2.16. The molecule has 0 spiro atoms. The molecule has 1 rings (SSSR count). The van der Waals surface area contributed by atoms with Crippen LogP contribution in [0.1, 0.15) is 6.92 Å². The van der Waals surface area contributed by atoms with Crippen molar-refractivity contribution in [1.29, 1.82) is 0 Å². The molecular weight excluding hydrogens is 206 g/mol. The molecule has 2 N–H and O–H groups in total. The van der Waals surface area contributed by atoms with Crippen LogP contribution in [0.25, 0.3) is 0 Å². The summed E-state index contributed by atoms with van der Waals surface area (Å²) in [7, 11) is 1.47. The minimum absolute atomic E-state index is 0.238. The van der Waals surface area contributed by atoms with Crippen molar-refractivity contribution < 1.29 is 9.84 Å². The molecule has 14 heavy (non-hydrogen) atoms. The van der Waals surface area contributed by atoms with Gasteiger partial charge in [-0.1, -0.05) is 11.6 Å². The molecular formula is C8H12ClN3O2. The maximum Gasteiger partial charge on any atom is 0.318 e. The Labute approximate surface area is 87.1 Å². The molecule has 0 saturated heterocycles. The first-order valence-corrected chi connectivity index (χ1v) is 4.49. The second-order valence-corrected chi connectivity index (χ2v) is 3.19. The summed E-state index contributed by atoms with van der Waals surface area (Å²) in [5, 5.41) is 12.3. The number of ether oxygens (including phenoxy) is 1. The van der Waals surface area contributed by atoms with E-state index in [0.29, 0.717) is 17.4 Å². The van der Waals surface area contributed by atoms with Gasteiger partial charge in [0, 0.05) is 6.54 Å². The van der Waals surface area contributed by atoms with Crippen LogP contribution in [0.5, 0.6) is 6.01 Å². The number of aromatic nitrogens is 2. The third kappa shape index (κ3) is 3.01. The van der Waals surface area contributed by atoms with E-state index in [-0.39, 0.29) is 6.01 Å². The SMILES string of the molecule is COc1ncc(Cl)c(NC[C@@H](C)O)n1. The number of aliphatic hydroxyl groups excluding tert-OH is 1. The standard InChI is InChI=1S/C8H12ClN3O2/c1-5(13)3-10-7-6(9)4-11-8(12-7)14-2/h4-5,13H,3H2,1-2H3,(H,10,11,12)/t5-/m1/s1. The highest BCUT2D eigenvalue weighted by molar-refractivity contribution is 6.32. The zero-order valence-electron chi connectivity index (χ0n) is 7.99. The highest BCUT2D eigenvalue weighted by atomic mass is 35.5. The monoisotopic (exact) mass is 217 g/mol. The van der Waals surface area contributed by atoms with Gasteiger partial charge in [-0.15, -0.1) is 0 Å². The lowest BCUT2D eigenvalue weighted by atomic mass is 10.4. The van der Waals surface area contributed by atoms with E-state index in [0.717, 1.165) is 0 Å². The lowest BCUT2D eigenvalue weighted by Crippen LogP contribution is -2.16. The quantitative estimate of drug-likeness (QED) is 0.786. The molecule has 0 aromatic carbocycles. The van der Waals surface area contributed by atoms with Crippen LogP contribution in [0.2, 0.25) is 5.02 Å². The maximum atomic E-state index is 9.05. The van der Waals surface area contributed by atoms with E-state index in [1.54, 1.807) is 6.92 Å². The van der Waals surface area contributed by atoms with Gasteiger partial charge in [0.05, 0.1) is 19.4 Å². The number of nitrogens with zero attached hydrogens (tertiary/aromatic N) is 2. The molecule has 0 saturated carbocycles. The van der Waals surface area contributed by atoms with Crippen molar-refractivity contribution >= 4 is 17.4 Å². The largest absolute Gasteiger partial charge is 0.467 e. The van der Waals surface area contributed by atoms with E-state index in [1.807, 2.05) is 0 Å². The van der Waals surface area contributed by atoms with Crippen molar-refractivity contribution in [1.82, 2.24) is 9.97 Å². The molecule has 0 bridgehead atoms. The predicted octanol–water partition coefficient (Wildman–Crippen LogP) is 0.931. The third-order valence-corrected chi connectivity index (χ3v) is 1.75. The molecule has 0 aliphatic heterocycles. The average molecular weight is 218 g/mol. The minimum atomic E-state index is -0.466. The van der Waals surface area contributed by atoms with Gasteiger partial charge in [-0.2, -0.15) is 4.98 Å². The number of hydrogen-bond acceptors (Lipinski definition) is 5. The number of anilines is 1. The molecule has 0 aliphatic carbocycles. The molecule has 0 amide bonds. The van der Waals surface area contributed by atoms with Crippen molar-refractivity contribution in [3.8, 4) is 6.01 Å². The van der Waals surface area contributed by atoms with Crippen molar-refractivity contribution in [2.24, 2.45) is 0 Å². The van der Waals surface area contributed by atoms with Gasteiger partial charge in [0.2, 0.25) is 0 Å². The van der Waals surface area contributed by atoms with Crippen molar-refractivity contribution in [3.05, 3.63) is 11.2 Å². The number of rotatable bonds is 4. The van der Waals surface area contributed by atoms with E-state index in [9.17, 15) is 0 Å². The summed E-state index contributed by atoms with van der Waals surface area (Å²) in [6.45, 7) is 2.04. The van der Waals surface area contributed by atoms with Crippen LogP contribution in [0.3, 0.4) is 0 Å². The number of methoxy groups -OCH3 is 1. The highest BCUT2D eigenvalue weighted by Crippen LogP contribution is 2.19. The Hall–Kier alpha value is -1.07. The minimum Gasteiger partial charge on any atom is -0.467 e. The second-order valence-electron chi connectivity index (χ2n) is 2.78. The first-order chi connectivity index (χ1) is 6.63. The lowest BCUT2D eigenvalue weighted by molar-refractivity contribution is 0.208. The lowest BCUT2D eigenvalue weighted by Gasteiger charge is -2.09. The summed E-state index contributed by atoms with van der Waals surface area (Å²) in [5.41, 5.74) is 0. The summed E-state index contributed by atoms with van der Waals surface area (Å²) in [4.78, 5) is 7.79. The molecule has 6 heteroatoms. The van der Waals surface area contributed by atoms with Gasteiger partial charge in [-0.05, 0) is 6.92 Å². The summed E-state index contributed by atoms with van der Waals surface area (Å²) < 4.78 is 4.83. The van der Waals surface area contributed by atoms with Crippen molar-refractivity contribution in [2.45, 2.75) is 13.0 Å². The normalized spacial score (nSPS) is 12.3. The predicted molar refractivity (Wildman–Crippen MR) is 53.8 cm³/mol. The Morgan fingerprint density at radius 3 is 3.00 bits per heavy atom. The Morgan fingerprint density at radius 2 is 2.43 bits per heavy atom. The second kappa shape index (κ2) is 4.97. The van der Waals surface area contributed by atoms with Gasteiger partial charge >= 0.3 is 6.01 Å². The molecule has 1 aromatic heterocycles. The molecule has 0 radical (unpaired) electrons. The van der Waals surface area contributed by atoms with Gasteiger partial charge in [0.25, 0.3) is 0 Å². The summed E-state index contributed by atoms with van der Waals surface area (Å²) in [5.74, 6) is 0.458. The summed E-state index contributed by atoms with van der Waals surface area (Å²) in [6, 6.07) is 0.238. The maximum absolute atomic E-state index is 9.05. The van der Waals surface area contributed by atoms with E-state index in [2.05, 4.69) is 15.3 Å². The molecule has 1 aromatic rings. The van der Waals surface area contributed by atoms with E-state index in [1.165, 1.54) is 13.3 Å². The third-order valence-electron chi connectivity index (χ3n) is 1.47.